The third-order valence-electron chi connectivity index (χ3n) is 4.58. The van der Waals surface area contributed by atoms with Crippen molar-refractivity contribution < 1.29 is 23.8 Å². The molecule has 0 aromatic heterocycles. The molecular weight excluding hydrogens is 434 g/mol. The maximum Gasteiger partial charge on any atom is 0.249 e. The smallest absolute Gasteiger partial charge is 0.249 e. The number of rotatable bonds is 11. The van der Waals surface area contributed by atoms with E-state index in [1.807, 2.05) is 37.3 Å². The molecule has 8 nitrogen and oxygen atoms in total. The molecule has 8 heteroatoms. The maximum absolute atomic E-state index is 12.1. The molecule has 0 heterocycles. The van der Waals surface area contributed by atoms with Gasteiger partial charge < -0.3 is 19.5 Å². The summed E-state index contributed by atoms with van der Waals surface area (Å²) >= 11 is 0. The van der Waals surface area contributed by atoms with Crippen molar-refractivity contribution in [2.45, 2.75) is 20.0 Å². The first-order valence-electron chi connectivity index (χ1n) is 10.8. The molecule has 34 heavy (non-hydrogen) atoms. The molecule has 3 aromatic carbocycles. The first-order chi connectivity index (χ1) is 16.6. The van der Waals surface area contributed by atoms with Crippen LogP contribution in [0.5, 0.6) is 17.2 Å². The lowest BCUT2D eigenvalue weighted by molar-refractivity contribution is -0.126. The van der Waals surface area contributed by atoms with Gasteiger partial charge in [-0.1, -0.05) is 36.4 Å². The number of nitrogens with zero attached hydrogens (tertiary/aromatic N) is 1. The Hall–Kier alpha value is -4.33. The van der Waals surface area contributed by atoms with E-state index in [1.165, 1.54) is 13.3 Å². The number of amides is 2. The summed E-state index contributed by atoms with van der Waals surface area (Å²) in [5.74, 6) is 0.797. The Bertz CT molecular complexity index is 1130. The second-order valence-corrected chi connectivity index (χ2v) is 7.16. The van der Waals surface area contributed by atoms with Gasteiger partial charge in [-0.15, -0.1) is 0 Å². The van der Waals surface area contributed by atoms with Crippen LogP contribution in [-0.4, -0.2) is 31.7 Å². The van der Waals surface area contributed by atoms with Crippen LogP contribution < -0.4 is 25.0 Å². The van der Waals surface area contributed by atoms with E-state index in [4.69, 9.17) is 14.2 Å². The van der Waals surface area contributed by atoms with E-state index in [2.05, 4.69) is 15.8 Å². The summed E-state index contributed by atoms with van der Waals surface area (Å²) in [4.78, 5) is 24.1. The van der Waals surface area contributed by atoms with Crippen LogP contribution in [0.3, 0.4) is 0 Å². The lowest BCUT2D eigenvalue weighted by Crippen LogP contribution is -2.24. The summed E-state index contributed by atoms with van der Waals surface area (Å²) in [5, 5.41) is 6.58. The van der Waals surface area contributed by atoms with Gasteiger partial charge in [0, 0.05) is 11.8 Å². The van der Waals surface area contributed by atoms with Crippen LogP contribution in [0.15, 0.2) is 77.9 Å². The number of ether oxygens (including phenoxy) is 3. The molecule has 0 fully saturated rings. The number of hydrogen-bond acceptors (Lipinski definition) is 6. The molecule has 3 aromatic rings. The van der Waals surface area contributed by atoms with E-state index in [0.29, 0.717) is 41.7 Å². The van der Waals surface area contributed by atoms with Crippen molar-refractivity contribution in [3.05, 3.63) is 83.9 Å². The summed E-state index contributed by atoms with van der Waals surface area (Å²) in [7, 11) is 1.54. The van der Waals surface area contributed by atoms with Crippen molar-refractivity contribution in [2.24, 2.45) is 5.10 Å². The number of carbonyl (C=O) groups excluding carboxylic acids is 2. The molecule has 0 radical (unpaired) electrons. The van der Waals surface area contributed by atoms with Crippen LogP contribution in [0.4, 0.5) is 5.69 Å². The van der Waals surface area contributed by atoms with Gasteiger partial charge in [0.1, 0.15) is 18.8 Å². The Morgan fingerprint density at radius 1 is 0.912 bits per heavy atom. The molecule has 2 N–H and O–H groups in total. The Morgan fingerprint density at radius 2 is 1.74 bits per heavy atom. The highest BCUT2D eigenvalue weighted by molar-refractivity contribution is 6.03. The van der Waals surface area contributed by atoms with Crippen molar-refractivity contribution in [3.63, 3.8) is 0 Å². The molecule has 0 unspecified atom stereocenters. The number of carbonyl (C=O) groups is 2. The second kappa shape index (κ2) is 12.6. The van der Waals surface area contributed by atoms with Crippen LogP contribution in [0.25, 0.3) is 0 Å². The number of benzene rings is 3. The number of nitrogens with one attached hydrogen (secondary N) is 2. The monoisotopic (exact) mass is 461 g/mol. The van der Waals surface area contributed by atoms with E-state index in [1.54, 1.807) is 42.5 Å². The Morgan fingerprint density at radius 3 is 2.50 bits per heavy atom. The standard InChI is InChI=1S/C26H27N3O5/c1-3-33-24-14-20(12-13-23(24)34-18-19-8-5-4-6-9-19)17-27-29-26(31)16-25(30)28-21-10-7-11-22(15-21)32-2/h4-15,17H,3,16,18H2,1-2H3,(H,28,30)(H,29,31). The maximum atomic E-state index is 12.1. The van der Waals surface area contributed by atoms with E-state index in [0.717, 1.165) is 5.56 Å². The van der Waals surface area contributed by atoms with Gasteiger partial charge in [0.2, 0.25) is 11.8 Å². The summed E-state index contributed by atoms with van der Waals surface area (Å²) in [5.41, 5.74) is 4.65. The molecule has 0 saturated heterocycles. The molecule has 0 bridgehead atoms. The minimum absolute atomic E-state index is 0.370. The molecule has 0 aliphatic carbocycles. The fraction of sp³-hybridized carbons (Fsp3) is 0.192. The molecule has 0 aliphatic heterocycles. The van der Waals surface area contributed by atoms with E-state index in [9.17, 15) is 9.59 Å². The van der Waals surface area contributed by atoms with E-state index >= 15 is 0 Å². The average Bonchev–Trinajstić information content (AvgIpc) is 2.84. The Balaban J connectivity index is 1.53. The zero-order valence-corrected chi connectivity index (χ0v) is 19.1. The minimum Gasteiger partial charge on any atom is -0.497 e. The zero-order chi connectivity index (χ0) is 24.2. The van der Waals surface area contributed by atoms with Gasteiger partial charge in [-0.3, -0.25) is 9.59 Å². The fourth-order valence-corrected chi connectivity index (χ4v) is 3.00. The van der Waals surface area contributed by atoms with Gasteiger partial charge in [0.25, 0.3) is 0 Å². The molecule has 0 aliphatic rings. The average molecular weight is 462 g/mol. The lowest BCUT2D eigenvalue weighted by Gasteiger charge is -2.12. The normalized spacial score (nSPS) is 10.5. The number of hydrazone groups is 1. The summed E-state index contributed by atoms with van der Waals surface area (Å²) in [6, 6.07) is 22.1. The van der Waals surface area contributed by atoms with Gasteiger partial charge >= 0.3 is 0 Å². The van der Waals surface area contributed by atoms with E-state index in [-0.39, 0.29) is 6.42 Å². The van der Waals surface area contributed by atoms with Gasteiger partial charge in [0.05, 0.1) is 19.9 Å². The van der Waals surface area contributed by atoms with Crippen LogP contribution >= 0.6 is 0 Å². The Labute approximate surface area is 198 Å². The quantitative estimate of drug-likeness (QED) is 0.254. The topological polar surface area (TPSA) is 98.2 Å². The minimum atomic E-state index is -0.538. The third kappa shape index (κ3) is 7.67. The number of anilines is 1. The van der Waals surface area contributed by atoms with Gasteiger partial charge in [-0.2, -0.15) is 5.10 Å². The van der Waals surface area contributed by atoms with Gasteiger partial charge in [0.15, 0.2) is 11.5 Å². The summed E-state index contributed by atoms with van der Waals surface area (Å²) in [6.45, 7) is 2.78. The van der Waals surface area contributed by atoms with Gasteiger partial charge in [-0.05, 0) is 48.4 Å². The van der Waals surface area contributed by atoms with Crippen molar-refractivity contribution in [1.82, 2.24) is 5.43 Å². The predicted octanol–water partition coefficient (Wildman–Crippen LogP) is 4.15. The van der Waals surface area contributed by atoms with Crippen LogP contribution in [0, 0.1) is 0 Å². The van der Waals surface area contributed by atoms with Crippen LogP contribution in [0.1, 0.15) is 24.5 Å². The molecule has 0 saturated carbocycles. The first-order valence-corrected chi connectivity index (χ1v) is 10.8. The molecule has 176 valence electrons. The van der Waals surface area contributed by atoms with Gasteiger partial charge in [-0.25, -0.2) is 5.43 Å². The van der Waals surface area contributed by atoms with Crippen molar-refractivity contribution in [1.29, 1.82) is 0 Å². The number of methoxy groups -OCH3 is 1. The zero-order valence-electron chi connectivity index (χ0n) is 19.1. The highest BCUT2D eigenvalue weighted by atomic mass is 16.5. The lowest BCUT2D eigenvalue weighted by atomic mass is 10.2. The molecule has 2 amide bonds. The van der Waals surface area contributed by atoms with Crippen molar-refractivity contribution >= 4 is 23.7 Å². The predicted molar refractivity (Wildman–Crippen MR) is 130 cm³/mol. The fourth-order valence-electron chi connectivity index (χ4n) is 3.00. The number of hydrogen-bond donors (Lipinski definition) is 2. The molecular formula is C26H27N3O5. The molecule has 0 atom stereocenters. The molecule has 0 spiro atoms. The summed E-state index contributed by atoms with van der Waals surface area (Å²) in [6.07, 6.45) is 1.10. The largest absolute Gasteiger partial charge is 0.497 e. The second-order valence-electron chi connectivity index (χ2n) is 7.16. The summed E-state index contributed by atoms with van der Waals surface area (Å²) < 4.78 is 16.7. The van der Waals surface area contributed by atoms with Crippen LogP contribution in [-0.2, 0) is 16.2 Å². The third-order valence-corrected chi connectivity index (χ3v) is 4.58. The van der Waals surface area contributed by atoms with Crippen molar-refractivity contribution in [3.8, 4) is 17.2 Å². The van der Waals surface area contributed by atoms with E-state index < -0.39 is 11.8 Å². The molecule has 3 rings (SSSR count). The van der Waals surface area contributed by atoms with Crippen LogP contribution in [0.2, 0.25) is 0 Å². The van der Waals surface area contributed by atoms with Crippen molar-refractivity contribution in [2.75, 3.05) is 19.0 Å². The highest BCUT2D eigenvalue weighted by Gasteiger charge is 2.10. The highest BCUT2D eigenvalue weighted by Crippen LogP contribution is 2.29. The Kier molecular flexibility index (Phi) is 9.04. The SMILES string of the molecule is CCOc1cc(C=NNC(=O)CC(=O)Nc2cccc(OC)c2)ccc1OCc1ccccc1. The first kappa shape index (κ1) is 24.3.